The molecule has 0 unspecified atom stereocenters. The van der Waals surface area contributed by atoms with E-state index in [1.54, 1.807) is 24.3 Å². The van der Waals surface area contributed by atoms with Crippen LogP contribution < -0.4 is 10.5 Å². The van der Waals surface area contributed by atoms with Crippen LogP contribution in [0.2, 0.25) is 5.02 Å². The first-order chi connectivity index (χ1) is 9.97. The van der Waals surface area contributed by atoms with Gasteiger partial charge in [-0.15, -0.1) is 0 Å². The molecule has 0 spiro atoms. The van der Waals surface area contributed by atoms with Crippen molar-refractivity contribution < 1.29 is 14.5 Å². The zero-order valence-electron chi connectivity index (χ0n) is 10.8. The smallest absolute Gasteiger partial charge is 0.271 e. The third-order valence-electron chi connectivity index (χ3n) is 2.73. The maximum Gasteiger partial charge on any atom is 0.271 e. The lowest BCUT2D eigenvalue weighted by Gasteiger charge is -2.08. The molecule has 2 aromatic rings. The average Bonchev–Trinajstić information content (AvgIpc) is 2.46. The molecule has 108 valence electrons. The van der Waals surface area contributed by atoms with Gasteiger partial charge >= 0.3 is 0 Å². The Balaban J connectivity index is 2.11. The Morgan fingerprint density at radius 1 is 1.29 bits per heavy atom. The normalized spacial score (nSPS) is 10.1. The first-order valence-electron chi connectivity index (χ1n) is 5.93. The number of ether oxygens (including phenoxy) is 1. The number of nitro groups is 1. The molecule has 0 saturated heterocycles. The summed E-state index contributed by atoms with van der Waals surface area (Å²) in [5.41, 5.74) is 6.20. The molecule has 2 rings (SSSR count). The summed E-state index contributed by atoms with van der Waals surface area (Å²) < 4.78 is 5.49. The van der Waals surface area contributed by atoms with E-state index < -0.39 is 10.8 Å². The quantitative estimate of drug-likeness (QED) is 0.678. The van der Waals surface area contributed by atoms with E-state index in [-0.39, 0.29) is 17.3 Å². The number of non-ortho nitro benzene ring substituents is 1. The van der Waals surface area contributed by atoms with Crippen LogP contribution in [0, 0.1) is 10.1 Å². The summed E-state index contributed by atoms with van der Waals surface area (Å²) in [6.07, 6.45) is 0. The van der Waals surface area contributed by atoms with Gasteiger partial charge < -0.3 is 10.5 Å². The number of carbonyl (C=O) groups excluding carboxylic acids is 1. The SMILES string of the molecule is NC(=O)c1cccc(COc2ccc([N+](=O)[O-])cc2Cl)c1. The fourth-order valence-corrected chi connectivity index (χ4v) is 1.93. The van der Waals surface area contributed by atoms with Gasteiger partial charge in [0.1, 0.15) is 12.4 Å². The molecule has 6 nitrogen and oxygen atoms in total. The zero-order chi connectivity index (χ0) is 15.4. The Morgan fingerprint density at radius 2 is 2.05 bits per heavy atom. The lowest BCUT2D eigenvalue weighted by Crippen LogP contribution is -2.11. The number of rotatable bonds is 5. The number of nitrogens with zero attached hydrogens (tertiary/aromatic N) is 1. The summed E-state index contributed by atoms with van der Waals surface area (Å²) in [6, 6.07) is 10.6. The third-order valence-corrected chi connectivity index (χ3v) is 3.03. The Morgan fingerprint density at radius 3 is 2.67 bits per heavy atom. The molecule has 0 radical (unpaired) electrons. The molecule has 7 heteroatoms. The summed E-state index contributed by atoms with van der Waals surface area (Å²) in [5, 5.41) is 10.8. The number of benzene rings is 2. The minimum absolute atomic E-state index is 0.108. The van der Waals surface area contributed by atoms with Crippen molar-refractivity contribution in [3.63, 3.8) is 0 Å². The van der Waals surface area contributed by atoms with Crippen LogP contribution in [0.3, 0.4) is 0 Å². The number of carbonyl (C=O) groups is 1. The van der Waals surface area contributed by atoms with Gasteiger partial charge in [-0.3, -0.25) is 14.9 Å². The van der Waals surface area contributed by atoms with E-state index in [1.807, 2.05) is 0 Å². The lowest BCUT2D eigenvalue weighted by atomic mass is 10.1. The fourth-order valence-electron chi connectivity index (χ4n) is 1.70. The number of nitro benzene ring substituents is 1. The van der Waals surface area contributed by atoms with Crippen molar-refractivity contribution >= 4 is 23.2 Å². The molecule has 0 atom stereocenters. The van der Waals surface area contributed by atoms with Crippen molar-refractivity contribution in [2.75, 3.05) is 0 Å². The van der Waals surface area contributed by atoms with Gasteiger partial charge in [0.05, 0.1) is 9.95 Å². The largest absolute Gasteiger partial charge is 0.487 e. The van der Waals surface area contributed by atoms with Crippen LogP contribution in [0.25, 0.3) is 0 Å². The second-order valence-electron chi connectivity index (χ2n) is 4.23. The second kappa shape index (κ2) is 6.23. The van der Waals surface area contributed by atoms with Gasteiger partial charge in [0.25, 0.3) is 5.69 Å². The summed E-state index contributed by atoms with van der Waals surface area (Å²) in [6.45, 7) is 0.165. The number of hydrogen-bond acceptors (Lipinski definition) is 4. The van der Waals surface area contributed by atoms with Gasteiger partial charge in [0.15, 0.2) is 0 Å². The molecule has 21 heavy (non-hydrogen) atoms. The van der Waals surface area contributed by atoms with Crippen LogP contribution in [-0.4, -0.2) is 10.8 Å². The maximum absolute atomic E-state index is 11.1. The van der Waals surface area contributed by atoms with Crippen LogP contribution >= 0.6 is 11.6 Å². The van der Waals surface area contributed by atoms with Crippen LogP contribution in [0.4, 0.5) is 5.69 Å². The van der Waals surface area contributed by atoms with Gasteiger partial charge in [-0.1, -0.05) is 23.7 Å². The zero-order valence-corrected chi connectivity index (χ0v) is 11.5. The summed E-state index contributed by atoms with van der Waals surface area (Å²) in [5.74, 6) is -0.197. The van der Waals surface area contributed by atoms with Gasteiger partial charge in [0.2, 0.25) is 5.91 Å². The molecule has 0 aliphatic rings. The van der Waals surface area contributed by atoms with Crippen molar-refractivity contribution in [2.45, 2.75) is 6.61 Å². The first-order valence-corrected chi connectivity index (χ1v) is 6.30. The predicted molar refractivity (Wildman–Crippen MR) is 77.4 cm³/mol. The van der Waals surface area contributed by atoms with E-state index in [0.717, 1.165) is 5.56 Å². The molecule has 2 aromatic carbocycles. The Kier molecular flexibility index (Phi) is 4.39. The van der Waals surface area contributed by atoms with Crippen molar-refractivity contribution in [3.8, 4) is 5.75 Å². The number of primary amides is 1. The highest BCUT2D eigenvalue weighted by molar-refractivity contribution is 6.32. The van der Waals surface area contributed by atoms with Crippen LogP contribution in [-0.2, 0) is 6.61 Å². The second-order valence-corrected chi connectivity index (χ2v) is 4.63. The number of hydrogen-bond donors (Lipinski definition) is 1. The molecule has 0 saturated carbocycles. The summed E-state index contributed by atoms with van der Waals surface area (Å²) in [7, 11) is 0. The molecule has 2 N–H and O–H groups in total. The fraction of sp³-hybridized carbons (Fsp3) is 0.0714. The summed E-state index contributed by atoms with van der Waals surface area (Å²) in [4.78, 5) is 21.2. The van der Waals surface area contributed by atoms with Gasteiger partial charge in [-0.05, 0) is 23.8 Å². The molecule has 0 bridgehead atoms. The van der Waals surface area contributed by atoms with E-state index in [1.165, 1.54) is 18.2 Å². The molecular formula is C14H11ClN2O4. The minimum Gasteiger partial charge on any atom is -0.487 e. The average molecular weight is 307 g/mol. The van der Waals surface area contributed by atoms with E-state index in [0.29, 0.717) is 11.3 Å². The van der Waals surface area contributed by atoms with Crippen molar-refractivity contribution in [2.24, 2.45) is 5.73 Å². The van der Waals surface area contributed by atoms with Crippen molar-refractivity contribution in [3.05, 3.63) is 68.7 Å². The Labute approximate surface area is 125 Å². The highest BCUT2D eigenvalue weighted by Crippen LogP contribution is 2.29. The molecule has 0 aromatic heterocycles. The Hall–Kier alpha value is -2.60. The third kappa shape index (κ3) is 3.70. The molecule has 0 heterocycles. The number of halogens is 1. The molecule has 0 aliphatic heterocycles. The standard InChI is InChI=1S/C14H11ClN2O4/c15-12-7-11(17(19)20)4-5-13(12)21-8-9-2-1-3-10(6-9)14(16)18/h1-7H,8H2,(H2,16,18). The van der Waals surface area contributed by atoms with E-state index >= 15 is 0 Å². The van der Waals surface area contributed by atoms with Crippen molar-refractivity contribution in [1.29, 1.82) is 0 Å². The van der Waals surface area contributed by atoms with Gasteiger partial charge in [0, 0.05) is 17.7 Å². The number of amides is 1. The number of nitrogens with two attached hydrogens (primary N) is 1. The van der Waals surface area contributed by atoms with E-state index in [2.05, 4.69) is 0 Å². The Bertz CT molecular complexity index is 703. The van der Waals surface area contributed by atoms with Crippen molar-refractivity contribution in [1.82, 2.24) is 0 Å². The molecular weight excluding hydrogens is 296 g/mol. The lowest BCUT2D eigenvalue weighted by molar-refractivity contribution is -0.384. The maximum atomic E-state index is 11.1. The van der Waals surface area contributed by atoms with Crippen LogP contribution in [0.15, 0.2) is 42.5 Å². The minimum atomic E-state index is -0.536. The molecule has 0 fully saturated rings. The predicted octanol–water partition coefficient (Wildman–Crippen LogP) is 2.93. The van der Waals surface area contributed by atoms with E-state index in [9.17, 15) is 14.9 Å². The van der Waals surface area contributed by atoms with Crippen LogP contribution in [0.1, 0.15) is 15.9 Å². The molecule has 1 amide bonds. The van der Waals surface area contributed by atoms with Crippen LogP contribution in [0.5, 0.6) is 5.75 Å². The first kappa shape index (κ1) is 14.8. The molecule has 0 aliphatic carbocycles. The van der Waals surface area contributed by atoms with E-state index in [4.69, 9.17) is 22.1 Å². The highest BCUT2D eigenvalue weighted by Gasteiger charge is 2.10. The summed E-state index contributed by atoms with van der Waals surface area (Å²) >= 11 is 5.92. The topological polar surface area (TPSA) is 95.5 Å². The van der Waals surface area contributed by atoms with Gasteiger partial charge in [-0.25, -0.2) is 0 Å². The monoisotopic (exact) mass is 306 g/mol. The van der Waals surface area contributed by atoms with Gasteiger partial charge in [-0.2, -0.15) is 0 Å². The highest BCUT2D eigenvalue weighted by atomic mass is 35.5.